The van der Waals surface area contributed by atoms with Crippen LogP contribution >= 0.6 is 0 Å². The van der Waals surface area contributed by atoms with Crippen molar-refractivity contribution in [3.05, 3.63) is 35.7 Å². The van der Waals surface area contributed by atoms with Crippen LogP contribution in [-0.2, 0) is 0 Å². The molecule has 6 heteroatoms. The third-order valence-electron chi connectivity index (χ3n) is 3.12. The minimum atomic E-state index is -1.18. The van der Waals surface area contributed by atoms with Crippen molar-refractivity contribution in [1.29, 1.82) is 0 Å². The third-order valence-corrected chi connectivity index (χ3v) is 3.12. The molecule has 0 aliphatic carbocycles. The van der Waals surface area contributed by atoms with Crippen molar-refractivity contribution in [3.8, 4) is 11.4 Å². The SMILES string of the molecule is CCC(C)c1cn(-c2cccc(C(=O)O)c2O)nn1. The zero-order chi connectivity index (χ0) is 14.0. The zero-order valence-corrected chi connectivity index (χ0v) is 10.7. The van der Waals surface area contributed by atoms with Gasteiger partial charge in [0.05, 0.1) is 11.9 Å². The molecule has 0 amide bonds. The van der Waals surface area contributed by atoms with E-state index in [-0.39, 0.29) is 17.2 Å². The monoisotopic (exact) mass is 261 g/mol. The van der Waals surface area contributed by atoms with Crippen LogP contribution in [0.5, 0.6) is 5.75 Å². The highest BCUT2D eigenvalue weighted by Crippen LogP contribution is 2.26. The van der Waals surface area contributed by atoms with E-state index in [1.54, 1.807) is 18.3 Å². The summed E-state index contributed by atoms with van der Waals surface area (Å²) in [5, 5.41) is 26.9. The molecule has 2 N–H and O–H groups in total. The Balaban J connectivity index is 2.45. The lowest BCUT2D eigenvalue weighted by Gasteiger charge is -2.06. The number of phenols is 1. The topological polar surface area (TPSA) is 88.2 Å². The highest BCUT2D eigenvalue weighted by Gasteiger charge is 2.16. The Bertz CT molecular complexity index is 607. The van der Waals surface area contributed by atoms with E-state index in [9.17, 15) is 9.90 Å². The second-order valence-electron chi connectivity index (χ2n) is 4.38. The summed E-state index contributed by atoms with van der Waals surface area (Å²) >= 11 is 0. The molecule has 1 atom stereocenters. The average Bonchev–Trinajstić information content (AvgIpc) is 2.87. The van der Waals surface area contributed by atoms with Gasteiger partial charge in [-0.3, -0.25) is 0 Å². The molecule has 2 rings (SSSR count). The maximum absolute atomic E-state index is 11.0. The number of benzene rings is 1. The van der Waals surface area contributed by atoms with Crippen molar-refractivity contribution in [2.24, 2.45) is 0 Å². The van der Waals surface area contributed by atoms with Gasteiger partial charge in [0.2, 0.25) is 0 Å². The quantitative estimate of drug-likeness (QED) is 0.880. The summed E-state index contributed by atoms with van der Waals surface area (Å²) in [5.41, 5.74) is 0.961. The first kappa shape index (κ1) is 13.1. The number of carbonyl (C=O) groups is 1. The van der Waals surface area contributed by atoms with Gasteiger partial charge in [-0.05, 0) is 18.6 Å². The van der Waals surface area contributed by atoms with Crippen LogP contribution in [0.15, 0.2) is 24.4 Å². The summed E-state index contributed by atoms with van der Waals surface area (Å²) in [7, 11) is 0. The van der Waals surface area contributed by atoms with Gasteiger partial charge in [0.1, 0.15) is 11.3 Å². The number of para-hydroxylation sites is 1. The predicted octanol–water partition coefficient (Wildman–Crippen LogP) is 2.18. The number of carboxylic acid groups (broad SMARTS) is 1. The van der Waals surface area contributed by atoms with Gasteiger partial charge in [0.15, 0.2) is 5.75 Å². The van der Waals surface area contributed by atoms with E-state index in [1.165, 1.54) is 10.7 Å². The molecule has 1 aromatic heterocycles. The van der Waals surface area contributed by atoms with Gasteiger partial charge < -0.3 is 10.2 Å². The van der Waals surface area contributed by atoms with Crippen molar-refractivity contribution >= 4 is 5.97 Å². The van der Waals surface area contributed by atoms with Crippen LogP contribution in [0.3, 0.4) is 0 Å². The maximum Gasteiger partial charge on any atom is 0.339 e. The van der Waals surface area contributed by atoms with Crippen molar-refractivity contribution < 1.29 is 15.0 Å². The summed E-state index contributed by atoms with van der Waals surface area (Å²) in [4.78, 5) is 11.0. The minimum absolute atomic E-state index is 0.155. The number of carboxylic acids is 1. The summed E-state index contributed by atoms with van der Waals surface area (Å²) in [5.74, 6) is -1.23. The molecule has 19 heavy (non-hydrogen) atoms. The molecule has 0 spiro atoms. The fourth-order valence-electron chi connectivity index (χ4n) is 1.72. The van der Waals surface area contributed by atoms with Gasteiger partial charge in [0, 0.05) is 5.92 Å². The van der Waals surface area contributed by atoms with E-state index in [0.29, 0.717) is 5.69 Å². The first-order valence-corrected chi connectivity index (χ1v) is 6.02. The largest absolute Gasteiger partial charge is 0.505 e. The molecule has 100 valence electrons. The smallest absolute Gasteiger partial charge is 0.339 e. The number of aromatic nitrogens is 3. The Morgan fingerprint density at radius 1 is 1.47 bits per heavy atom. The molecule has 0 aliphatic rings. The Labute approximate surface area is 110 Å². The van der Waals surface area contributed by atoms with Crippen LogP contribution in [0.4, 0.5) is 0 Å². The normalized spacial score (nSPS) is 12.3. The summed E-state index contributed by atoms with van der Waals surface area (Å²) < 4.78 is 1.39. The minimum Gasteiger partial charge on any atom is -0.505 e. The van der Waals surface area contributed by atoms with Gasteiger partial charge in [-0.25, -0.2) is 9.48 Å². The van der Waals surface area contributed by atoms with E-state index >= 15 is 0 Å². The lowest BCUT2D eigenvalue weighted by atomic mass is 10.1. The van der Waals surface area contributed by atoms with Crippen LogP contribution in [0.25, 0.3) is 5.69 Å². The van der Waals surface area contributed by atoms with E-state index < -0.39 is 5.97 Å². The molecule has 1 unspecified atom stereocenters. The Hall–Kier alpha value is -2.37. The van der Waals surface area contributed by atoms with Crippen LogP contribution in [-0.4, -0.2) is 31.2 Å². The number of hydrogen-bond acceptors (Lipinski definition) is 4. The predicted molar refractivity (Wildman–Crippen MR) is 68.7 cm³/mol. The number of hydrogen-bond donors (Lipinski definition) is 2. The van der Waals surface area contributed by atoms with Gasteiger partial charge in [-0.15, -0.1) is 5.10 Å². The second kappa shape index (κ2) is 5.09. The van der Waals surface area contributed by atoms with Gasteiger partial charge in [-0.1, -0.05) is 25.1 Å². The third kappa shape index (κ3) is 2.42. The molecule has 1 aromatic carbocycles. The van der Waals surface area contributed by atoms with E-state index in [2.05, 4.69) is 10.3 Å². The molecule has 0 aliphatic heterocycles. The second-order valence-corrected chi connectivity index (χ2v) is 4.38. The first-order valence-electron chi connectivity index (χ1n) is 6.02. The molecular formula is C13H15N3O3. The molecule has 6 nitrogen and oxygen atoms in total. The molecule has 0 saturated carbocycles. The van der Waals surface area contributed by atoms with Crippen LogP contribution in [0.1, 0.15) is 42.2 Å². The van der Waals surface area contributed by atoms with Gasteiger partial charge in [-0.2, -0.15) is 0 Å². The average molecular weight is 261 g/mol. The highest BCUT2D eigenvalue weighted by atomic mass is 16.4. The molecule has 1 heterocycles. The van der Waals surface area contributed by atoms with Crippen LogP contribution in [0, 0.1) is 0 Å². The number of aromatic hydroxyl groups is 1. The number of nitrogens with zero attached hydrogens (tertiary/aromatic N) is 3. The van der Waals surface area contributed by atoms with Crippen molar-refractivity contribution in [3.63, 3.8) is 0 Å². The zero-order valence-electron chi connectivity index (χ0n) is 10.7. The molecule has 0 radical (unpaired) electrons. The van der Waals surface area contributed by atoms with Crippen LogP contribution < -0.4 is 0 Å². The van der Waals surface area contributed by atoms with Gasteiger partial charge >= 0.3 is 5.97 Å². The summed E-state index contributed by atoms with van der Waals surface area (Å²) in [6.07, 6.45) is 2.63. The molecule has 0 fully saturated rings. The van der Waals surface area contributed by atoms with E-state index in [0.717, 1.165) is 12.1 Å². The van der Waals surface area contributed by atoms with E-state index in [4.69, 9.17) is 5.11 Å². The Kier molecular flexibility index (Phi) is 3.50. The maximum atomic E-state index is 11.0. The van der Waals surface area contributed by atoms with Crippen molar-refractivity contribution in [2.75, 3.05) is 0 Å². The van der Waals surface area contributed by atoms with Crippen molar-refractivity contribution in [1.82, 2.24) is 15.0 Å². The van der Waals surface area contributed by atoms with E-state index in [1.807, 2.05) is 13.8 Å². The highest BCUT2D eigenvalue weighted by molar-refractivity contribution is 5.92. The molecule has 0 bridgehead atoms. The Morgan fingerprint density at radius 3 is 2.84 bits per heavy atom. The Morgan fingerprint density at radius 2 is 2.21 bits per heavy atom. The molecule has 0 saturated heterocycles. The number of aromatic carboxylic acids is 1. The summed E-state index contributed by atoms with van der Waals surface area (Å²) in [6, 6.07) is 4.49. The van der Waals surface area contributed by atoms with Crippen molar-refractivity contribution in [2.45, 2.75) is 26.2 Å². The first-order chi connectivity index (χ1) is 9.04. The molecular weight excluding hydrogens is 246 g/mol. The lowest BCUT2D eigenvalue weighted by Crippen LogP contribution is -2.02. The molecule has 2 aromatic rings. The standard InChI is InChI=1S/C13H15N3O3/c1-3-8(2)10-7-16(15-14-10)11-6-4-5-9(12(11)17)13(18)19/h4-8,17H,3H2,1-2H3,(H,18,19). The fraction of sp³-hybridized carbons (Fsp3) is 0.308. The lowest BCUT2D eigenvalue weighted by molar-refractivity contribution is 0.0693. The van der Waals surface area contributed by atoms with Gasteiger partial charge in [0.25, 0.3) is 0 Å². The number of rotatable bonds is 4. The summed E-state index contributed by atoms with van der Waals surface area (Å²) in [6.45, 7) is 4.08. The van der Waals surface area contributed by atoms with Crippen LogP contribution in [0.2, 0.25) is 0 Å². The fourth-order valence-corrected chi connectivity index (χ4v) is 1.72.